The lowest BCUT2D eigenvalue weighted by Gasteiger charge is -2.11. The zero-order chi connectivity index (χ0) is 14.4. The van der Waals surface area contributed by atoms with E-state index in [1.54, 1.807) is 0 Å². The van der Waals surface area contributed by atoms with Gasteiger partial charge in [-0.1, -0.05) is 31.2 Å². The number of rotatable bonds is 6. The second-order valence-corrected chi connectivity index (χ2v) is 4.89. The highest BCUT2D eigenvalue weighted by Crippen LogP contribution is 2.19. The van der Waals surface area contributed by atoms with E-state index in [2.05, 4.69) is 41.5 Å². The fraction of sp³-hybridized carbons (Fsp3) is 0.353. The van der Waals surface area contributed by atoms with Crippen LogP contribution >= 0.6 is 0 Å². The van der Waals surface area contributed by atoms with Gasteiger partial charge in [0.05, 0.1) is 5.69 Å². The molecule has 2 aromatic rings. The molecule has 2 rings (SSSR count). The lowest BCUT2D eigenvalue weighted by molar-refractivity contribution is 0.301. The summed E-state index contributed by atoms with van der Waals surface area (Å²) in [5.41, 5.74) is 4.51. The molecule has 3 heteroatoms. The molecule has 1 aromatic carbocycles. The van der Waals surface area contributed by atoms with Gasteiger partial charge in [-0.25, -0.2) is 0 Å². The van der Waals surface area contributed by atoms with E-state index in [9.17, 15) is 0 Å². The normalized spacial score (nSPS) is 10.6. The van der Waals surface area contributed by atoms with Crippen molar-refractivity contribution in [3.8, 4) is 5.75 Å². The van der Waals surface area contributed by atoms with Crippen molar-refractivity contribution in [2.24, 2.45) is 0 Å². The van der Waals surface area contributed by atoms with Crippen LogP contribution in [0.25, 0.3) is 0 Å². The van der Waals surface area contributed by atoms with Crippen molar-refractivity contribution in [2.45, 2.75) is 33.4 Å². The number of hydrogen-bond donors (Lipinski definition) is 1. The smallest absolute Gasteiger partial charge is 0.141 e. The van der Waals surface area contributed by atoms with Crippen LogP contribution in [0.1, 0.15) is 29.4 Å². The van der Waals surface area contributed by atoms with Gasteiger partial charge in [-0.3, -0.25) is 4.98 Å². The number of nitrogens with one attached hydrogen (secondary N) is 1. The number of pyridine rings is 1. The summed E-state index contributed by atoms with van der Waals surface area (Å²) in [5, 5.41) is 3.14. The van der Waals surface area contributed by atoms with Crippen LogP contribution in [-0.2, 0) is 19.6 Å². The second-order valence-electron chi connectivity index (χ2n) is 4.89. The second kappa shape index (κ2) is 7.06. The van der Waals surface area contributed by atoms with Crippen molar-refractivity contribution in [1.82, 2.24) is 10.3 Å². The van der Waals surface area contributed by atoms with Crippen LogP contribution < -0.4 is 10.1 Å². The first-order valence-corrected chi connectivity index (χ1v) is 7.04. The molecule has 3 nitrogen and oxygen atoms in total. The summed E-state index contributed by atoms with van der Waals surface area (Å²) < 4.78 is 5.89. The fourth-order valence-electron chi connectivity index (χ4n) is 2.10. The molecule has 106 valence electrons. The van der Waals surface area contributed by atoms with Gasteiger partial charge in [0.1, 0.15) is 12.4 Å². The minimum absolute atomic E-state index is 0.581. The Morgan fingerprint density at radius 3 is 2.40 bits per heavy atom. The van der Waals surface area contributed by atoms with E-state index in [0.29, 0.717) is 6.61 Å². The molecule has 0 aliphatic heterocycles. The van der Waals surface area contributed by atoms with Gasteiger partial charge in [-0.15, -0.1) is 0 Å². The molecule has 0 unspecified atom stereocenters. The first-order chi connectivity index (χ1) is 9.72. The largest absolute Gasteiger partial charge is 0.487 e. The van der Waals surface area contributed by atoms with Crippen molar-refractivity contribution >= 4 is 0 Å². The van der Waals surface area contributed by atoms with Crippen LogP contribution in [-0.4, -0.2) is 12.0 Å². The maximum atomic E-state index is 5.89. The van der Waals surface area contributed by atoms with Crippen molar-refractivity contribution in [1.29, 1.82) is 0 Å². The summed E-state index contributed by atoms with van der Waals surface area (Å²) in [4.78, 5) is 4.51. The van der Waals surface area contributed by atoms with E-state index in [4.69, 9.17) is 4.74 Å². The number of aryl methyl sites for hydroxylation is 2. The molecule has 0 bridgehead atoms. The standard InChI is InChI=1S/C17H22N2O/c1-4-16-17(10-5-13(2)19-16)20-12-15-8-6-14(7-9-15)11-18-3/h5-10,18H,4,11-12H2,1-3H3. The van der Waals surface area contributed by atoms with Crippen molar-refractivity contribution in [2.75, 3.05) is 7.05 Å². The Hall–Kier alpha value is -1.87. The first-order valence-electron chi connectivity index (χ1n) is 7.04. The van der Waals surface area contributed by atoms with Crippen molar-refractivity contribution in [3.05, 3.63) is 58.9 Å². The molecule has 0 aliphatic rings. The molecular weight excluding hydrogens is 248 g/mol. The predicted octanol–water partition coefficient (Wildman–Crippen LogP) is 3.25. The summed E-state index contributed by atoms with van der Waals surface area (Å²) in [6.45, 7) is 5.57. The Balaban J connectivity index is 2.01. The Kier molecular flexibility index (Phi) is 5.13. The average Bonchev–Trinajstić information content (AvgIpc) is 2.47. The third kappa shape index (κ3) is 3.81. The Bertz CT molecular complexity index is 549. The highest BCUT2D eigenvalue weighted by Gasteiger charge is 2.04. The SMILES string of the molecule is CCc1nc(C)ccc1OCc1ccc(CNC)cc1. The Morgan fingerprint density at radius 2 is 1.75 bits per heavy atom. The summed E-state index contributed by atoms with van der Waals surface area (Å²) in [5.74, 6) is 0.886. The van der Waals surface area contributed by atoms with Gasteiger partial charge in [-0.05, 0) is 43.7 Å². The third-order valence-electron chi connectivity index (χ3n) is 3.20. The summed E-state index contributed by atoms with van der Waals surface area (Å²) in [7, 11) is 1.95. The van der Waals surface area contributed by atoms with Gasteiger partial charge >= 0.3 is 0 Å². The first kappa shape index (κ1) is 14.5. The fourth-order valence-corrected chi connectivity index (χ4v) is 2.10. The minimum atomic E-state index is 0.581. The predicted molar refractivity (Wildman–Crippen MR) is 81.9 cm³/mol. The van der Waals surface area contributed by atoms with Crippen LogP contribution in [0.4, 0.5) is 0 Å². The molecule has 0 radical (unpaired) electrons. The molecule has 0 amide bonds. The van der Waals surface area contributed by atoms with E-state index < -0.39 is 0 Å². The Morgan fingerprint density at radius 1 is 1.05 bits per heavy atom. The van der Waals surface area contributed by atoms with Gasteiger partial charge < -0.3 is 10.1 Å². The average molecular weight is 270 g/mol. The van der Waals surface area contributed by atoms with Crippen LogP contribution in [0, 0.1) is 6.92 Å². The highest BCUT2D eigenvalue weighted by molar-refractivity contribution is 5.30. The number of ether oxygens (including phenoxy) is 1. The number of nitrogens with zero attached hydrogens (tertiary/aromatic N) is 1. The molecule has 1 heterocycles. The summed E-state index contributed by atoms with van der Waals surface area (Å²) in [6.07, 6.45) is 0.887. The maximum Gasteiger partial charge on any atom is 0.141 e. The highest BCUT2D eigenvalue weighted by atomic mass is 16.5. The molecule has 0 atom stereocenters. The lowest BCUT2D eigenvalue weighted by atomic mass is 10.1. The third-order valence-corrected chi connectivity index (χ3v) is 3.20. The van der Waals surface area contributed by atoms with Crippen LogP contribution in [0.3, 0.4) is 0 Å². The van der Waals surface area contributed by atoms with E-state index in [1.165, 1.54) is 11.1 Å². The van der Waals surface area contributed by atoms with E-state index in [0.717, 1.165) is 30.1 Å². The monoisotopic (exact) mass is 270 g/mol. The molecule has 1 aromatic heterocycles. The minimum Gasteiger partial charge on any atom is -0.487 e. The van der Waals surface area contributed by atoms with Gasteiger partial charge in [0, 0.05) is 12.2 Å². The van der Waals surface area contributed by atoms with Crippen molar-refractivity contribution < 1.29 is 4.74 Å². The Labute approximate surface area is 121 Å². The molecule has 0 saturated carbocycles. The maximum absolute atomic E-state index is 5.89. The number of benzene rings is 1. The zero-order valence-electron chi connectivity index (χ0n) is 12.4. The zero-order valence-corrected chi connectivity index (χ0v) is 12.4. The van der Waals surface area contributed by atoms with E-state index in [-0.39, 0.29) is 0 Å². The molecule has 20 heavy (non-hydrogen) atoms. The number of hydrogen-bond acceptors (Lipinski definition) is 3. The quantitative estimate of drug-likeness (QED) is 0.875. The molecule has 0 aliphatic carbocycles. The summed E-state index contributed by atoms with van der Waals surface area (Å²) in [6, 6.07) is 12.5. The topological polar surface area (TPSA) is 34.1 Å². The molecule has 1 N–H and O–H groups in total. The molecule has 0 saturated heterocycles. The van der Waals surface area contributed by atoms with Gasteiger partial charge in [-0.2, -0.15) is 0 Å². The number of aromatic nitrogens is 1. The lowest BCUT2D eigenvalue weighted by Crippen LogP contribution is -2.05. The van der Waals surface area contributed by atoms with Gasteiger partial charge in [0.2, 0.25) is 0 Å². The van der Waals surface area contributed by atoms with E-state index in [1.807, 2.05) is 26.1 Å². The molecule has 0 fully saturated rings. The van der Waals surface area contributed by atoms with E-state index >= 15 is 0 Å². The van der Waals surface area contributed by atoms with Crippen LogP contribution in [0.2, 0.25) is 0 Å². The summed E-state index contributed by atoms with van der Waals surface area (Å²) >= 11 is 0. The van der Waals surface area contributed by atoms with Gasteiger partial charge in [0.25, 0.3) is 0 Å². The van der Waals surface area contributed by atoms with Crippen LogP contribution in [0.5, 0.6) is 5.75 Å². The molecule has 0 spiro atoms. The van der Waals surface area contributed by atoms with Crippen molar-refractivity contribution in [3.63, 3.8) is 0 Å². The van der Waals surface area contributed by atoms with Gasteiger partial charge in [0.15, 0.2) is 0 Å². The van der Waals surface area contributed by atoms with Crippen LogP contribution in [0.15, 0.2) is 36.4 Å². The molecular formula is C17H22N2O.